The summed E-state index contributed by atoms with van der Waals surface area (Å²) in [6.07, 6.45) is 1.83. The zero-order chi connectivity index (χ0) is 14.9. The quantitative estimate of drug-likeness (QED) is 0.836. The predicted molar refractivity (Wildman–Crippen MR) is 85.5 cm³/mol. The van der Waals surface area contributed by atoms with Gasteiger partial charge in [-0.1, -0.05) is 29.3 Å². The maximum Gasteiger partial charge on any atom is 0.268 e. The summed E-state index contributed by atoms with van der Waals surface area (Å²) in [6.45, 7) is 1.88. The number of carbonyl (C=O) groups excluding carboxylic acids is 1. The summed E-state index contributed by atoms with van der Waals surface area (Å²) >= 11 is 15.4. The zero-order valence-corrected chi connectivity index (χ0v) is 14.1. The van der Waals surface area contributed by atoms with Gasteiger partial charge in [0.05, 0.1) is 6.04 Å². The van der Waals surface area contributed by atoms with Crippen molar-refractivity contribution >= 4 is 45.0 Å². The Balaban J connectivity index is 2.17. The van der Waals surface area contributed by atoms with Crippen LogP contribution in [0.1, 0.15) is 29.0 Å². The molecule has 0 saturated carbocycles. The molecule has 6 heteroatoms. The maximum absolute atomic E-state index is 12.2. The van der Waals surface area contributed by atoms with Gasteiger partial charge in [0.1, 0.15) is 5.69 Å². The van der Waals surface area contributed by atoms with Crippen molar-refractivity contribution in [2.24, 2.45) is 7.05 Å². The molecule has 106 valence electrons. The topological polar surface area (TPSA) is 34.0 Å². The number of aryl methyl sites for hydroxylation is 1. The van der Waals surface area contributed by atoms with E-state index in [9.17, 15) is 4.79 Å². The lowest BCUT2D eigenvalue weighted by Crippen LogP contribution is -2.28. The molecule has 0 aliphatic heterocycles. The summed E-state index contributed by atoms with van der Waals surface area (Å²) in [7, 11) is 1.82. The zero-order valence-electron chi connectivity index (χ0n) is 11.0. The van der Waals surface area contributed by atoms with Gasteiger partial charge in [-0.3, -0.25) is 4.79 Å². The minimum atomic E-state index is -0.207. The first-order valence-corrected chi connectivity index (χ1v) is 7.51. The summed E-state index contributed by atoms with van der Waals surface area (Å²) < 4.78 is 2.62. The smallest absolute Gasteiger partial charge is 0.268 e. The Morgan fingerprint density at radius 3 is 2.60 bits per heavy atom. The number of aromatic nitrogens is 1. The third kappa shape index (κ3) is 3.37. The standard InChI is InChI=1S/C14H13BrCl2N2O/c1-8(11-4-3-10(16)6-12(11)17)18-14(20)13-5-9(15)7-19(13)2/h3-8H,1-2H3,(H,18,20). The number of hydrogen-bond acceptors (Lipinski definition) is 1. The number of benzene rings is 1. The molecule has 0 radical (unpaired) electrons. The first kappa shape index (κ1) is 15.4. The Kier molecular flexibility index (Phi) is 4.78. The second-order valence-electron chi connectivity index (χ2n) is 4.52. The van der Waals surface area contributed by atoms with Crippen LogP contribution in [0, 0.1) is 0 Å². The molecule has 1 N–H and O–H groups in total. The van der Waals surface area contributed by atoms with Crippen molar-refractivity contribution in [1.82, 2.24) is 9.88 Å². The molecule has 1 heterocycles. The number of nitrogens with zero attached hydrogens (tertiary/aromatic N) is 1. The van der Waals surface area contributed by atoms with Crippen LogP contribution in [0.2, 0.25) is 10.0 Å². The second kappa shape index (κ2) is 6.20. The van der Waals surface area contributed by atoms with E-state index in [0.717, 1.165) is 10.0 Å². The normalized spacial score (nSPS) is 12.2. The van der Waals surface area contributed by atoms with Crippen LogP contribution in [0.3, 0.4) is 0 Å². The Hall–Kier alpha value is -0.970. The van der Waals surface area contributed by atoms with Gasteiger partial charge in [0, 0.05) is 27.8 Å². The third-order valence-corrected chi connectivity index (χ3v) is 3.98. The van der Waals surface area contributed by atoms with Crippen LogP contribution in [-0.4, -0.2) is 10.5 Å². The number of amides is 1. The first-order valence-electron chi connectivity index (χ1n) is 5.96. The number of hydrogen-bond donors (Lipinski definition) is 1. The highest BCUT2D eigenvalue weighted by Crippen LogP contribution is 2.26. The number of halogens is 3. The fraction of sp³-hybridized carbons (Fsp3) is 0.214. The summed E-state index contributed by atoms with van der Waals surface area (Å²) in [5.74, 6) is -0.156. The number of rotatable bonds is 3. The molecule has 1 unspecified atom stereocenters. The second-order valence-corrected chi connectivity index (χ2v) is 6.27. The minimum Gasteiger partial charge on any atom is -0.345 e. The van der Waals surface area contributed by atoms with Crippen LogP contribution in [0.4, 0.5) is 0 Å². The Morgan fingerprint density at radius 2 is 2.05 bits per heavy atom. The largest absolute Gasteiger partial charge is 0.345 e. The number of carbonyl (C=O) groups is 1. The monoisotopic (exact) mass is 374 g/mol. The molecule has 2 rings (SSSR count). The molecule has 0 bridgehead atoms. The highest BCUT2D eigenvalue weighted by atomic mass is 79.9. The van der Waals surface area contributed by atoms with Crippen LogP contribution < -0.4 is 5.32 Å². The van der Waals surface area contributed by atoms with Gasteiger partial charge in [0.15, 0.2) is 0 Å². The van der Waals surface area contributed by atoms with Gasteiger partial charge in [0.2, 0.25) is 0 Å². The van der Waals surface area contributed by atoms with Gasteiger partial charge in [0.25, 0.3) is 5.91 Å². The highest BCUT2D eigenvalue weighted by molar-refractivity contribution is 9.10. The van der Waals surface area contributed by atoms with E-state index in [4.69, 9.17) is 23.2 Å². The van der Waals surface area contributed by atoms with Gasteiger partial charge >= 0.3 is 0 Å². The van der Waals surface area contributed by atoms with E-state index < -0.39 is 0 Å². The van der Waals surface area contributed by atoms with Crippen molar-refractivity contribution in [3.05, 3.63) is 56.2 Å². The first-order chi connectivity index (χ1) is 9.38. The molecular weight excluding hydrogens is 363 g/mol. The molecule has 0 fully saturated rings. The fourth-order valence-electron chi connectivity index (χ4n) is 1.95. The molecular formula is C14H13BrCl2N2O. The van der Waals surface area contributed by atoms with Gasteiger partial charge in [-0.05, 0) is 46.6 Å². The minimum absolute atomic E-state index is 0.156. The highest BCUT2D eigenvalue weighted by Gasteiger charge is 2.16. The summed E-state index contributed by atoms with van der Waals surface area (Å²) in [4.78, 5) is 12.2. The van der Waals surface area contributed by atoms with Crippen LogP contribution >= 0.6 is 39.1 Å². The van der Waals surface area contributed by atoms with Crippen molar-refractivity contribution in [3.63, 3.8) is 0 Å². The van der Waals surface area contributed by atoms with E-state index in [1.165, 1.54) is 0 Å². The molecule has 0 saturated heterocycles. The lowest BCUT2D eigenvalue weighted by Gasteiger charge is -2.16. The van der Waals surface area contributed by atoms with E-state index in [1.807, 2.05) is 26.2 Å². The molecule has 3 nitrogen and oxygen atoms in total. The van der Waals surface area contributed by atoms with E-state index in [2.05, 4.69) is 21.2 Å². The van der Waals surface area contributed by atoms with Crippen LogP contribution in [-0.2, 0) is 7.05 Å². The van der Waals surface area contributed by atoms with E-state index in [-0.39, 0.29) is 11.9 Å². The third-order valence-electron chi connectivity index (χ3n) is 2.98. The number of nitrogens with one attached hydrogen (secondary N) is 1. The van der Waals surface area contributed by atoms with Gasteiger partial charge in [-0.2, -0.15) is 0 Å². The fourth-order valence-corrected chi connectivity index (χ4v) is 3.05. The SMILES string of the molecule is CC(NC(=O)c1cc(Br)cn1C)c1ccc(Cl)cc1Cl. The molecule has 1 aromatic carbocycles. The average Bonchev–Trinajstić information content (AvgIpc) is 2.68. The van der Waals surface area contributed by atoms with Crippen molar-refractivity contribution < 1.29 is 4.79 Å². The molecule has 20 heavy (non-hydrogen) atoms. The molecule has 0 aliphatic rings. The van der Waals surface area contributed by atoms with E-state index in [1.54, 1.807) is 22.8 Å². The van der Waals surface area contributed by atoms with Crippen molar-refractivity contribution in [2.75, 3.05) is 0 Å². The maximum atomic E-state index is 12.2. The van der Waals surface area contributed by atoms with Gasteiger partial charge < -0.3 is 9.88 Å². The van der Waals surface area contributed by atoms with Crippen molar-refractivity contribution in [2.45, 2.75) is 13.0 Å². The van der Waals surface area contributed by atoms with Crippen LogP contribution in [0.15, 0.2) is 34.9 Å². The summed E-state index contributed by atoms with van der Waals surface area (Å²) in [5.41, 5.74) is 1.41. The predicted octanol–water partition coefficient (Wildman–Crippen LogP) is 4.59. The lowest BCUT2D eigenvalue weighted by atomic mass is 10.1. The molecule has 1 aromatic heterocycles. The Bertz CT molecular complexity index is 655. The molecule has 0 aliphatic carbocycles. The molecule has 2 aromatic rings. The molecule has 0 spiro atoms. The van der Waals surface area contributed by atoms with Crippen LogP contribution in [0.25, 0.3) is 0 Å². The average molecular weight is 376 g/mol. The van der Waals surface area contributed by atoms with Crippen LogP contribution in [0.5, 0.6) is 0 Å². The van der Waals surface area contributed by atoms with Gasteiger partial charge in [-0.25, -0.2) is 0 Å². The molecule has 1 atom stereocenters. The van der Waals surface area contributed by atoms with Crippen molar-refractivity contribution in [3.8, 4) is 0 Å². The summed E-state index contributed by atoms with van der Waals surface area (Å²) in [6, 6.07) is 6.80. The van der Waals surface area contributed by atoms with E-state index in [0.29, 0.717) is 15.7 Å². The van der Waals surface area contributed by atoms with Gasteiger partial charge in [-0.15, -0.1) is 0 Å². The van der Waals surface area contributed by atoms with Crippen molar-refractivity contribution in [1.29, 1.82) is 0 Å². The summed E-state index contributed by atoms with van der Waals surface area (Å²) in [5, 5.41) is 4.03. The Labute approximate surface area is 136 Å². The molecule has 1 amide bonds. The Morgan fingerprint density at radius 1 is 1.35 bits per heavy atom. The lowest BCUT2D eigenvalue weighted by molar-refractivity contribution is 0.0931. The van der Waals surface area contributed by atoms with E-state index >= 15 is 0 Å².